The zero-order valence-electron chi connectivity index (χ0n) is 13.5. The summed E-state index contributed by atoms with van der Waals surface area (Å²) in [4.78, 5) is 4.22. The molecule has 5 nitrogen and oxygen atoms in total. The van der Waals surface area contributed by atoms with Crippen LogP contribution in [0.1, 0.15) is 19.8 Å². The summed E-state index contributed by atoms with van der Waals surface area (Å²) in [5, 5.41) is 6.70. The van der Waals surface area contributed by atoms with Crippen molar-refractivity contribution < 1.29 is 9.47 Å². The zero-order chi connectivity index (χ0) is 15.1. The van der Waals surface area contributed by atoms with Crippen molar-refractivity contribution in [2.45, 2.75) is 25.8 Å². The summed E-state index contributed by atoms with van der Waals surface area (Å²) in [6, 6.07) is 8.31. The van der Waals surface area contributed by atoms with Crippen molar-refractivity contribution in [3.63, 3.8) is 0 Å². The van der Waals surface area contributed by atoms with Crippen LogP contribution in [0.4, 0.5) is 0 Å². The van der Waals surface area contributed by atoms with E-state index >= 15 is 0 Å². The SMILES string of the molecule is CN=C(NCC(C)COc1ccccc1OC)NC1CC1.I. The number of nitrogens with one attached hydrogen (secondary N) is 2. The number of aliphatic imine (C=N–C) groups is 1. The number of hydrogen-bond acceptors (Lipinski definition) is 3. The molecule has 2 N–H and O–H groups in total. The molecule has 0 bridgehead atoms. The van der Waals surface area contributed by atoms with Crippen LogP contribution in [0.5, 0.6) is 11.5 Å². The van der Waals surface area contributed by atoms with Gasteiger partial charge in [-0.1, -0.05) is 19.1 Å². The molecule has 1 aromatic carbocycles. The minimum Gasteiger partial charge on any atom is -0.493 e. The summed E-state index contributed by atoms with van der Waals surface area (Å²) in [7, 11) is 3.45. The van der Waals surface area contributed by atoms with Crippen LogP contribution < -0.4 is 20.1 Å². The zero-order valence-corrected chi connectivity index (χ0v) is 15.8. The van der Waals surface area contributed by atoms with E-state index in [0.717, 1.165) is 24.0 Å². The molecular weight excluding hydrogens is 393 g/mol. The topological polar surface area (TPSA) is 54.9 Å². The number of nitrogens with zero attached hydrogens (tertiary/aromatic N) is 1. The molecule has 1 aliphatic rings. The molecule has 0 heterocycles. The molecule has 1 fully saturated rings. The molecule has 2 rings (SSSR count). The van der Waals surface area contributed by atoms with E-state index in [1.807, 2.05) is 24.3 Å². The van der Waals surface area contributed by atoms with Gasteiger partial charge >= 0.3 is 0 Å². The van der Waals surface area contributed by atoms with Crippen LogP contribution in [0.3, 0.4) is 0 Å². The van der Waals surface area contributed by atoms with Crippen LogP contribution in [0.25, 0.3) is 0 Å². The van der Waals surface area contributed by atoms with Gasteiger partial charge in [-0.15, -0.1) is 24.0 Å². The maximum Gasteiger partial charge on any atom is 0.191 e. The van der Waals surface area contributed by atoms with Crippen molar-refractivity contribution in [2.75, 3.05) is 27.3 Å². The fraction of sp³-hybridized carbons (Fsp3) is 0.562. The van der Waals surface area contributed by atoms with E-state index < -0.39 is 0 Å². The Balaban J connectivity index is 0.00000242. The summed E-state index contributed by atoms with van der Waals surface area (Å²) in [6.45, 7) is 3.60. The number of guanidine groups is 1. The number of rotatable bonds is 7. The van der Waals surface area contributed by atoms with Crippen molar-refractivity contribution in [3.05, 3.63) is 24.3 Å². The second-order valence-electron chi connectivity index (χ2n) is 5.44. The highest BCUT2D eigenvalue weighted by molar-refractivity contribution is 14.0. The van der Waals surface area contributed by atoms with E-state index in [9.17, 15) is 0 Å². The van der Waals surface area contributed by atoms with Gasteiger partial charge in [-0.25, -0.2) is 0 Å². The normalized spacial score (nSPS) is 15.5. The summed E-state index contributed by atoms with van der Waals surface area (Å²) >= 11 is 0. The molecule has 0 aromatic heterocycles. The second kappa shape index (κ2) is 9.76. The predicted molar refractivity (Wildman–Crippen MR) is 101 cm³/mol. The third kappa shape index (κ3) is 6.29. The average Bonchev–Trinajstić information content (AvgIpc) is 3.33. The fourth-order valence-corrected chi connectivity index (χ4v) is 1.92. The summed E-state index contributed by atoms with van der Waals surface area (Å²) in [6.07, 6.45) is 2.49. The molecule has 1 aromatic rings. The van der Waals surface area contributed by atoms with E-state index in [-0.39, 0.29) is 24.0 Å². The molecule has 22 heavy (non-hydrogen) atoms. The molecule has 1 aliphatic carbocycles. The van der Waals surface area contributed by atoms with Crippen LogP contribution in [-0.4, -0.2) is 39.3 Å². The first-order chi connectivity index (χ1) is 10.2. The van der Waals surface area contributed by atoms with Crippen LogP contribution >= 0.6 is 24.0 Å². The third-order valence-corrected chi connectivity index (χ3v) is 3.35. The van der Waals surface area contributed by atoms with Crippen molar-refractivity contribution >= 4 is 29.9 Å². The van der Waals surface area contributed by atoms with Gasteiger partial charge in [0.15, 0.2) is 17.5 Å². The summed E-state index contributed by atoms with van der Waals surface area (Å²) in [5.41, 5.74) is 0. The molecule has 6 heteroatoms. The Morgan fingerprint density at radius 3 is 2.59 bits per heavy atom. The van der Waals surface area contributed by atoms with Gasteiger partial charge in [0, 0.05) is 25.6 Å². The smallest absolute Gasteiger partial charge is 0.191 e. The highest BCUT2D eigenvalue weighted by Crippen LogP contribution is 2.26. The van der Waals surface area contributed by atoms with Gasteiger partial charge in [-0.05, 0) is 25.0 Å². The quantitative estimate of drug-likeness (QED) is 0.406. The Morgan fingerprint density at radius 2 is 2.00 bits per heavy atom. The largest absolute Gasteiger partial charge is 0.493 e. The number of methoxy groups -OCH3 is 1. The van der Waals surface area contributed by atoms with Crippen LogP contribution in [0.2, 0.25) is 0 Å². The van der Waals surface area contributed by atoms with E-state index in [2.05, 4.69) is 22.5 Å². The molecule has 0 radical (unpaired) electrons. The highest BCUT2D eigenvalue weighted by Gasteiger charge is 2.22. The average molecular weight is 419 g/mol. The van der Waals surface area contributed by atoms with E-state index in [1.165, 1.54) is 12.8 Å². The van der Waals surface area contributed by atoms with Gasteiger partial charge < -0.3 is 20.1 Å². The van der Waals surface area contributed by atoms with Crippen LogP contribution in [0.15, 0.2) is 29.3 Å². The Kier molecular flexibility index (Phi) is 8.37. The fourth-order valence-electron chi connectivity index (χ4n) is 1.92. The Morgan fingerprint density at radius 1 is 1.32 bits per heavy atom. The van der Waals surface area contributed by atoms with Gasteiger partial charge in [-0.3, -0.25) is 4.99 Å². The van der Waals surface area contributed by atoms with Crippen molar-refractivity contribution in [1.29, 1.82) is 0 Å². The molecule has 0 aliphatic heterocycles. The number of hydrogen-bond donors (Lipinski definition) is 2. The number of halogens is 1. The first kappa shape index (κ1) is 18.9. The monoisotopic (exact) mass is 419 g/mol. The first-order valence-corrected chi connectivity index (χ1v) is 7.46. The molecule has 124 valence electrons. The number of para-hydroxylation sites is 2. The Labute approximate surface area is 149 Å². The summed E-state index contributed by atoms with van der Waals surface area (Å²) < 4.78 is 11.1. The number of benzene rings is 1. The van der Waals surface area contributed by atoms with E-state index in [1.54, 1.807) is 14.2 Å². The van der Waals surface area contributed by atoms with E-state index in [4.69, 9.17) is 9.47 Å². The highest BCUT2D eigenvalue weighted by atomic mass is 127. The van der Waals surface area contributed by atoms with Crippen molar-refractivity contribution in [3.8, 4) is 11.5 Å². The van der Waals surface area contributed by atoms with Crippen LogP contribution in [-0.2, 0) is 0 Å². The number of ether oxygens (including phenoxy) is 2. The molecule has 0 amide bonds. The first-order valence-electron chi connectivity index (χ1n) is 7.46. The van der Waals surface area contributed by atoms with Gasteiger partial charge in [0.2, 0.25) is 0 Å². The second-order valence-corrected chi connectivity index (χ2v) is 5.44. The van der Waals surface area contributed by atoms with Crippen LogP contribution in [0, 0.1) is 5.92 Å². The lowest BCUT2D eigenvalue weighted by Gasteiger charge is -2.17. The third-order valence-electron chi connectivity index (χ3n) is 3.35. The molecule has 0 saturated heterocycles. The standard InChI is InChI=1S/C16H25N3O2.HI/c1-12(10-18-16(17-2)19-13-8-9-13)11-21-15-7-5-4-6-14(15)20-3;/h4-7,12-13H,8-11H2,1-3H3,(H2,17,18,19);1H. The van der Waals surface area contributed by atoms with Crippen molar-refractivity contribution in [2.24, 2.45) is 10.9 Å². The Bertz CT molecular complexity index is 478. The molecule has 1 atom stereocenters. The molecular formula is C16H26IN3O2. The minimum atomic E-state index is 0. The van der Waals surface area contributed by atoms with Crippen molar-refractivity contribution in [1.82, 2.24) is 10.6 Å². The lowest BCUT2D eigenvalue weighted by Crippen LogP contribution is -2.41. The van der Waals surface area contributed by atoms with E-state index in [0.29, 0.717) is 18.6 Å². The lowest BCUT2D eigenvalue weighted by molar-refractivity contribution is 0.248. The molecule has 1 saturated carbocycles. The van der Waals surface area contributed by atoms with Gasteiger partial charge in [0.25, 0.3) is 0 Å². The van der Waals surface area contributed by atoms with Gasteiger partial charge in [0.1, 0.15) is 0 Å². The summed E-state index contributed by atoms with van der Waals surface area (Å²) in [5.74, 6) is 2.80. The lowest BCUT2D eigenvalue weighted by atomic mass is 10.2. The van der Waals surface area contributed by atoms with Gasteiger partial charge in [-0.2, -0.15) is 0 Å². The molecule has 1 unspecified atom stereocenters. The maximum absolute atomic E-state index is 5.82. The maximum atomic E-state index is 5.82. The van der Waals surface area contributed by atoms with Gasteiger partial charge in [0.05, 0.1) is 13.7 Å². The predicted octanol–water partition coefficient (Wildman–Crippen LogP) is 2.66. The minimum absolute atomic E-state index is 0. The molecule has 0 spiro atoms. The Hall–Kier alpha value is -1.18.